The Hall–Kier alpha value is -0.720. The Morgan fingerprint density at radius 3 is 2.88 bits per heavy atom. The number of rotatable bonds is 5. The molecule has 2 rings (SSSR count). The zero-order valence-corrected chi connectivity index (χ0v) is 11.1. The lowest BCUT2D eigenvalue weighted by Crippen LogP contribution is -2.49. The van der Waals surface area contributed by atoms with E-state index in [1.54, 1.807) is 0 Å². The summed E-state index contributed by atoms with van der Waals surface area (Å²) in [5.74, 6) is 0.930. The number of nitrogens with one attached hydrogen (secondary N) is 1. The molecule has 0 saturated carbocycles. The number of anilines is 1. The van der Waals surface area contributed by atoms with Crippen molar-refractivity contribution in [3.8, 4) is 0 Å². The molecule has 1 fully saturated rings. The SMILES string of the molecule is CCCc1nsc(NC2(CN)CCOCC2)n1. The van der Waals surface area contributed by atoms with E-state index in [1.165, 1.54) is 11.5 Å². The van der Waals surface area contributed by atoms with Crippen LogP contribution in [0.25, 0.3) is 0 Å². The van der Waals surface area contributed by atoms with Crippen molar-refractivity contribution in [3.63, 3.8) is 0 Å². The van der Waals surface area contributed by atoms with Gasteiger partial charge in [0.1, 0.15) is 5.82 Å². The van der Waals surface area contributed by atoms with E-state index in [0.29, 0.717) is 6.54 Å². The Morgan fingerprint density at radius 2 is 2.24 bits per heavy atom. The van der Waals surface area contributed by atoms with E-state index in [0.717, 1.165) is 49.9 Å². The Bertz CT molecular complexity index is 349. The van der Waals surface area contributed by atoms with Crippen LogP contribution in [0.15, 0.2) is 0 Å². The van der Waals surface area contributed by atoms with Gasteiger partial charge in [-0.15, -0.1) is 0 Å². The number of hydrogen-bond donors (Lipinski definition) is 2. The molecular weight excluding hydrogens is 236 g/mol. The van der Waals surface area contributed by atoms with E-state index in [-0.39, 0.29) is 5.54 Å². The summed E-state index contributed by atoms with van der Waals surface area (Å²) in [4.78, 5) is 4.49. The molecule has 0 aliphatic carbocycles. The van der Waals surface area contributed by atoms with E-state index in [1.807, 2.05) is 0 Å². The predicted molar refractivity (Wildman–Crippen MR) is 69.4 cm³/mol. The zero-order chi connectivity index (χ0) is 12.1. The van der Waals surface area contributed by atoms with Gasteiger partial charge < -0.3 is 15.8 Å². The third kappa shape index (κ3) is 3.14. The van der Waals surface area contributed by atoms with Crippen molar-refractivity contribution < 1.29 is 4.74 Å². The molecule has 3 N–H and O–H groups in total. The minimum atomic E-state index is -0.0543. The van der Waals surface area contributed by atoms with Crippen LogP contribution in [0.4, 0.5) is 5.13 Å². The Balaban J connectivity index is 2.01. The number of nitrogens with two attached hydrogens (primary N) is 1. The second-order valence-electron chi connectivity index (χ2n) is 4.49. The van der Waals surface area contributed by atoms with Gasteiger partial charge in [0.2, 0.25) is 5.13 Å². The summed E-state index contributed by atoms with van der Waals surface area (Å²) in [6, 6.07) is 0. The maximum atomic E-state index is 5.89. The highest BCUT2D eigenvalue weighted by molar-refractivity contribution is 7.09. The molecule has 0 radical (unpaired) electrons. The van der Waals surface area contributed by atoms with Crippen LogP contribution in [0, 0.1) is 0 Å². The van der Waals surface area contributed by atoms with Gasteiger partial charge in [-0.05, 0) is 19.3 Å². The van der Waals surface area contributed by atoms with Crippen LogP contribution in [-0.2, 0) is 11.2 Å². The number of aromatic nitrogens is 2. The minimum absolute atomic E-state index is 0.0543. The summed E-state index contributed by atoms with van der Waals surface area (Å²) in [5.41, 5.74) is 5.84. The Morgan fingerprint density at radius 1 is 1.47 bits per heavy atom. The van der Waals surface area contributed by atoms with Crippen LogP contribution in [0.3, 0.4) is 0 Å². The first-order valence-electron chi connectivity index (χ1n) is 6.16. The summed E-state index contributed by atoms with van der Waals surface area (Å²) in [6.45, 7) is 4.28. The van der Waals surface area contributed by atoms with Crippen molar-refractivity contribution in [2.45, 2.75) is 38.1 Å². The molecule has 0 unspecified atom stereocenters. The van der Waals surface area contributed by atoms with Gasteiger partial charge in [0.15, 0.2) is 0 Å². The smallest absolute Gasteiger partial charge is 0.203 e. The highest BCUT2D eigenvalue weighted by Gasteiger charge is 2.31. The van der Waals surface area contributed by atoms with Crippen molar-refractivity contribution in [1.29, 1.82) is 0 Å². The van der Waals surface area contributed by atoms with Crippen LogP contribution >= 0.6 is 11.5 Å². The summed E-state index contributed by atoms with van der Waals surface area (Å²) in [5, 5.41) is 4.35. The number of nitrogens with zero attached hydrogens (tertiary/aromatic N) is 2. The first-order valence-corrected chi connectivity index (χ1v) is 6.94. The molecule has 0 atom stereocenters. The normalized spacial score (nSPS) is 19.2. The molecule has 1 aromatic heterocycles. The molecule has 0 amide bonds. The molecule has 6 heteroatoms. The molecule has 1 aromatic rings. The number of ether oxygens (including phenoxy) is 1. The van der Waals surface area contributed by atoms with E-state index >= 15 is 0 Å². The van der Waals surface area contributed by atoms with Gasteiger partial charge in [-0.2, -0.15) is 4.37 Å². The molecule has 1 saturated heterocycles. The lowest BCUT2D eigenvalue weighted by Gasteiger charge is -2.36. The molecule has 0 spiro atoms. The molecule has 1 aliphatic heterocycles. The minimum Gasteiger partial charge on any atom is -0.381 e. The molecule has 2 heterocycles. The Labute approximate surface area is 106 Å². The first kappa shape index (κ1) is 12.7. The van der Waals surface area contributed by atoms with Crippen LogP contribution < -0.4 is 11.1 Å². The quantitative estimate of drug-likeness (QED) is 0.833. The fourth-order valence-electron chi connectivity index (χ4n) is 2.00. The first-order chi connectivity index (χ1) is 8.28. The van der Waals surface area contributed by atoms with Gasteiger partial charge in [-0.3, -0.25) is 0 Å². The van der Waals surface area contributed by atoms with E-state index < -0.39 is 0 Å². The second kappa shape index (κ2) is 5.75. The average molecular weight is 256 g/mol. The fraction of sp³-hybridized carbons (Fsp3) is 0.818. The zero-order valence-electron chi connectivity index (χ0n) is 10.2. The Kier molecular flexibility index (Phi) is 4.31. The summed E-state index contributed by atoms with van der Waals surface area (Å²) in [7, 11) is 0. The highest BCUT2D eigenvalue weighted by Crippen LogP contribution is 2.26. The van der Waals surface area contributed by atoms with Crippen molar-refractivity contribution in [3.05, 3.63) is 5.82 Å². The summed E-state index contributed by atoms with van der Waals surface area (Å²) < 4.78 is 9.71. The molecule has 0 aromatic carbocycles. The highest BCUT2D eigenvalue weighted by atomic mass is 32.1. The molecule has 1 aliphatic rings. The standard InChI is InChI=1S/C11H20N4OS/c1-2-3-9-13-10(17-15-9)14-11(8-12)4-6-16-7-5-11/h2-8,12H2,1H3,(H,13,14,15). The van der Waals surface area contributed by atoms with Gasteiger partial charge in [-0.25, -0.2) is 4.98 Å². The van der Waals surface area contributed by atoms with Gasteiger partial charge in [0.05, 0.1) is 5.54 Å². The van der Waals surface area contributed by atoms with E-state index in [4.69, 9.17) is 10.5 Å². The monoisotopic (exact) mass is 256 g/mol. The molecular formula is C11H20N4OS. The maximum absolute atomic E-state index is 5.89. The van der Waals surface area contributed by atoms with Gasteiger partial charge in [0.25, 0.3) is 0 Å². The lowest BCUT2D eigenvalue weighted by molar-refractivity contribution is 0.0628. The second-order valence-corrected chi connectivity index (χ2v) is 5.24. The van der Waals surface area contributed by atoms with Gasteiger partial charge in [-0.1, -0.05) is 6.92 Å². The van der Waals surface area contributed by atoms with E-state index in [9.17, 15) is 0 Å². The van der Waals surface area contributed by atoms with Crippen molar-refractivity contribution in [2.75, 3.05) is 25.1 Å². The van der Waals surface area contributed by atoms with Crippen LogP contribution in [0.2, 0.25) is 0 Å². The third-order valence-electron chi connectivity index (χ3n) is 3.15. The van der Waals surface area contributed by atoms with Crippen molar-refractivity contribution in [2.24, 2.45) is 5.73 Å². The summed E-state index contributed by atoms with van der Waals surface area (Å²) >= 11 is 1.43. The molecule has 17 heavy (non-hydrogen) atoms. The van der Waals surface area contributed by atoms with Crippen molar-refractivity contribution >= 4 is 16.7 Å². The number of hydrogen-bond acceptors (Lipinski definition) is 6. The van der Waals surface area contributed by atoms with Gasteiger partial charge in [0, 0.05) is 37.7 Å². The van der Waals surface area contributed by atoms with Gasteiger partial charge >= 0.3 is 0 Å². The molecule has 96 valence electrons. The average Bonchev–Trinajstić information content (AvgIpc) is 2.78. The maximum Gasteiger partial charge on any atom is 0.203 e. The van der Waals surface area contributed by atoms with Crippen LogP contribution in [-0.4, -0.2) is 34.7 Å². The van der Waals surface area contributed by atoms with Crippen LogP contribution in [0.1, 0.15) is 32.0 Å². The number of aryl methyl sites for hydroxylation is 1. The van der Waals surface area contributed by atoms with Crippen LogP contribution in [0.5, 0.6) is 0 Å². The topological polar surface area (TPSA) is 73.1 Å². The van der Waals surface area contributed by atoms with E-state index in [2.05, 4.69) is 21.6 Å². The van der Waals surface area contributed by atoms with Crippen molar-refractivity contribution in [1.82, 2.24) is 9.36 Å². The lowest BCUT2D eigenvalue weighted by atomic mass is 9.90. The summed E-state index contributed by atoms with van der Waals surface area (Å²) in [6.07, 6.45) is 3.89. The predicted octanol–water partition coefficient (Wildman–Crippen LogP) is 1.41. The third-order valence-corrected chi connectivity index (χ3v) is 3.82. The fourth-order valence-corrected chi connectivity index (χ4v) is 2.73. The molecule has 0 bridgehead atoms. The largest absolute Gasteiger partial charge is 0.381 e. The molecule has 5 nitrogen and oxygen atoms in total.